The van der Waals surface area contributed by atoms with Gasteiger partial charge in [0.2, 0.25) is 0 Å². The van der Waals surface area contributed by atoms with Gasteiger partial charge in [0.1, 0.15) is 5.54 Å². The van der Waals surface area contributed by atoms with Gasteiger partial charge in [-0.15, -0.1) is 5.06 Å². The maximum Gasteiger partial charge on any atom is 0.152 e. The van der Waals surface area contributed by atoms with Crippen LogP contribution < -0.4 is 4.84 Å². The Kier molecular flexibility index (Phi) is 6.48. The Hall–Kier alpha value is -3.40. The van der Waals surface area contributed by atoms with Crippen molar-refractivity contribution in [3.8, 4) is 5.75 Å². The molecule has 0 saturated heterocycles. The van der Waals surface area contributed by atoms with Gasteiger partial charge in [-0.05, 0) is 41.4 Å². The van der Waals surface area contributed by atoms with Crippen molar-refractivity contribution >= 4 is 0 Å². The Bertz CT molecular complexity index is 1110. The molecule has 4 aromatic carbocycles. The topological polar surface area (TPSA) is 15.7 Å². The lowest BCUT2D eigenvalue weighted by molar-refractivity contribution is -0.106. The Labute approximate surface area is 203 Å². The zero-order valence-corrected chi connectivity index (χ0v) is 20.0. The molecule has 0 N–H and O–H groups in total. The minimum atomic E-state index is -0.582. The Balaban J connectivity index is 1.63. The quantitative estimate of drug-likeness (QED) is 0.281. The van der Waals surface area contributed by atoms with Gasteiger partial charge in [-0.2, -0.15) is 0 Å². The fraction of sp³-hybridized carbons (Fsp3) is 0.226. The zero-order valence-electron chi connectivity index (χ0n) is 20.0. The van der Waals surface area contributed by atoms with Crippen LogP contribution in [0.5, 0.6) is 5.75 Å². The summed E-state index contributed by atoms with van der Waals surface area (Å²) in [5.41, 5.74) is 5.47. The molecule has 0 fully saturated rings. The largest absolute Gasteiger partial charge is 0.404 e. The summed E-state index contributed by atoms with van der Waals surface area (Å²) in [6, 6.07) is 38.8. The van der Waals surface area contributed by atoms with Crippen LogP contribution in [0.4, 0.5) is 0 Å². The van der Waals surface area contributed by atoms with E-state index in [1.807, 2.05) is 0 Å². The molecule has 34 heavy (non-hydrogen) atoms. The molecule has 1 aliphatic rings. The highest BCUT2D eigenvalue weighted by Gasteiger charge is 2.46. The molecule has 0 saturated carbocycles. The van der Waals surface area contributed by atoms with Gasteiger partial charge in [-0.3, -0.25) is 4.90 Å². The third-order valence-corrected chi connectivity index (χ3v) is 6.90. The molecule has 1 aliphatic heterocycles. The Morgan fingerprint density at radius 1 is 0.706 bits per heavy atom. The van der Waals surface area contributed by atoms with E-state index in [0.29, 0.717) is 6.54 Å². The molecule has 3 nitrogen and oxygen atoms in total. The fourth-order valence-corrected chi connectivity index (χ4v) is 5.08. The molecule has 0 unspecified atom stereocenters. The van der Waals surface area contributed by atoms with Crippen molar-refractivity contribution in [1.82, 2.24) is 9.96 Å². The lowest BCUT2D eigenvalue weighted by Crippen LogP contribution is -2.47. The average molecular weight is 449 g/mol. The van der Waals surface area contributed by atoms with E-state index in [4.69, 9.17) is 4.84 Å². The molecular formula is C31H32N2O. The third-order valence-electron chi connectivity index (χ3n) is 6.90. The first-order valence-electron chi connectivity index (χ1n) is 12.2. The Morgan fingerprint density at radius 3 is 1.68 bits per heavy atom. The molecule has 0 amide bonds. The highest BCUT2D eigenvalue weighted by molar-refractivity contribution is 5.51. The molecule has 0 radical (unpaired) electrons. The van der Waals surface area contributed by atoms with Crippen molar-refractivity contribution < 1.29 is 4.84 Å². The van der Waals surface area contributed by atoms with Crippen molar-refractivity contribution in [3.05, 3.63) is 137 Å². The summed E-state index contributed by atoms with van der Waals surface area (Å²) in [5, 5.41) is 2.17. The first-order chi connectivity index (χ1) is 16.8. The molecule has 0 atom stereocenters. The van der Waals surface area contributed by atoms with Crippen LogP contribution in [0, 0.1) is 0 Å². The molecule has 172 valence electrons. The summed E-state index contributed by atoms with van der Waals surface area (Å²) in [6.45, 7) is 8.15. The molecule has 5 rings (SSSR count). The highest BCUT2D eigenvalue weighted by atomic mass is 16.7. The summed E-state index contributed by atoms with van der Waals surface area (Å²) in [5.74, 6) is 0.955. The van der Waals surface area contributed by atoms with Gasteiger partial charge in [0.25, 0.3) is 0 Å². The van der Waals surface area contributed by atoms with E-state index < -0.39 is 5.54 Å². The lowest BCUT2D eigenvalue weighted by Gasteiger charge is -2.41. The van der Waals surface area contributed by atoms with Crippen LogP contribution in [0.2, 0.25) is 0 Å². The van der Waals surface area contributed by atoms with Gasteiger partial charge in [0.15, 0.2) is 5.75 Å². The predicted molar refractivity (Wildman–Crippen MR) is 138 cm³/mol. The van der Waals surface area contributed by atoms with Crippen molar-refractivity contribution in [1.29, 1.82) is 0 Å². The average Bonchev–Trinajstić information content (AvgIpc) is 3.33. The van der Waals surface area contributed by atoms with E-state index in [-0.39, 0.29) is 0 Å². The fourth-order valence-electron chi connectivity index (χ4n) is 5.08. The summed E-state index contributed by atoms with van der Waals surface area (Å²) in [7, 11) is 0. The maximum atomic E-state index is 6.74. The normalized spacial score (nSPS) is 13.6. The van der Waals surface area contributed by atoms with Crippen LogP contribution in [-0.2, 0) is 18.6 Å². The van der Waals surface area contributed by atoms with E-state index >= 15 is 0 Å². The number of hydroxylamine groups is 2. The highest BCUT2D eigenvalue weighted by Crippen LogP contribution is 2.46. The van der Waals surface area contributed by atoms with Crippen LogP contribution >= 0.6 is 0 Å². The zero-order chi connectivity index (χ0) is 23.4. The smallest absolute Gasteiger partial charge is 0.152 e. The predicted octanol–water partition coefficient (Wildman–Crippen LogP) is 6.63. The summed E-state index contributed by atoms with van der Waals surface area (Å²) in [6.07, 6.45) is 0. The second kappa shape index (κ2) is 9.84. The van der Waals surface area contributed by atoms with Crippen molar-refractivity contribution in [3.63, 3.8) is 0 Å². The first kappa shape index (κ1) is 22.4. The van der Waals surface area contributed by atoms with Gasteiger partial charge in [0.05, 0.1) is 6.54 Å². The summed E-state index contributed by atoms with van der Waals surface area (Å²) < 4.78 is 0. The van der Waals surface area contributed by atoms with Crippen LogP contribution in [0.1, 0.15) is 41.7 Å². The number of nitrogens with zero attached hydrogens (tertiary/aromatic N) is 2. The Morgan fingerprint density at radius 2 is 1.21 bits per heavy atom. The monoisotopic (exact) mass is 448 g/mol. The number of benzene rings is 4. The standard InChI is InChI=1S/C31H32N2O/c1-3-32(4-2)23-25-20-21-26-24-33(34-30(26)22-25)31(27-14-8-5-9-15-27,28-16-10-6-11-17-28)29-18-12-7-13-19-29/h5-22H,3-4,23-24H2,1-2H3. The van der Waals surface area contributed by atoms with Gasteiger partial charge >= 0.3 is 0 Å². The second-order valence-corrected chi connectivity index (χ2v) is 8.84. The molecular weight excluding hydrogens is 416 g/mol. The number of rotatable bonds is 8. The van der Waals surface area contributed by atoms with Crippen molar-refractivity contribution in [2.45, 2.75) is 32.5 Å². The summed E-state index contributed by atoms with van der Waals surface area (Å²) in [4.78, 5) is 9.17. The number of hydrogen-bond donors (Lipinski definition) is 0. The molecule has 3 heteroatoms. The van der Waals surface area contributed by atoms with Crippen molar-refractivity contribution in [2.75, 3.05) is 13.1 Å². The SMILES string of the molecule is CCN(CC)Cc1ccc2c(c1)ON(C(c1ccccc1)(c1ccccc1)c1ccccc1)C2. The van der Waals surface area contributed by atoms with Gasteiger partial charge in [-0.1, -0.05) is 117 Å². The lowest BCUT2D eigenvalue weighted by atomic mass is 9.76. The van der Waals surface area contributed by atoms with Crippen LogP contribution in [0.3, 0.4) is 0 Å². The third kappa shape index (κ3) is 4.02. The first-order valence-corrected chi connectivity index (χ1v) is 12.2. The summed E-state index contributed by atoms with van der Waals surface area (Å²) >= 11 is 0. The number of hydrogen-bond acceptors (Lipinski definition) is 3. The minimum Gasteiger partial charge on any atom is -0.404 e. The van der Waals surface area contributed by atoms with Crippen molar-refractivity contribution in [2.24, 2.45) is 0 Å². The molecule has 1 heterocycles. The maximum absolute atomic E-state index is 6.74. The van der Waals surface area contributed by atoms with E-state index in [0.717, 1.165) is 25.4 Å². The van der Waals surface area contributed by atoms with E-state index in [2.05, 4.69) is 133 Å². The van der Waals surface area contributed by atoms with Crippen LogP contribution in [0.25, 0.3) is 0 Å². The molecule has 4 aromatic rings. The van der Waals surface area contributed by atoms with E-state index in [9.17, 15) is 0 Å². The molecule has 0 aliphatic carbocycles. The minimum absolute atomic E-state index is 0.582. The molecule has 0 bridgehead atoms. The van der Waals surface area contributed by atoms with Gasteiger partial charge < -0.3 is 4.84 Å². The molecule has 0 spiro atoms. The van der Waals surface area contributed by atoms with Crippen LogP contribution in [0.15, 0.2) is 109 Å². The molecule has 0 aromatic heterocycles. The van der Waals surface area contributed by atoms with E-state index in [1.54, 1.807) is 0 Å². The van der Waals surface area contributed by atoms with E-state index in [1.165, 1.54) is 27.8 Å². The van der Waals surface area contributed by atoms with Gasteiger partial charge in [0, 0.05) is 12.1 Å². The number of fused-ring (bicyclic) bond motifs is 1. The van der Waals surface area contributed by atoms with Crippen LogP contribution in [-0.4, -0.2) is 23.1 Å². The van der Waals surface area contributed by atoms with Gasteiger partial charge in [-0.25, -0.2) is 0 Å². The second-order valence-electron chi connectivity index (χ2n) is 8.84.